The largest absolute Gasteiger partial charge is 0.504 e. The average Bonchev–Trinajstić information content (AvgIpc) is 3.14. The van der Waals surface area contributed by atoms with Crippen LogP contribution in [-0.4, -0.2) is 13.5 Å². The lowest BCUT2D eigenvalue weighted by Gasteiger charge is -2.03. The molecule has 0 spiro atoms. The van der Waals surface area contributed by atoms with Crippen molar-refractivity contribution in [1.82, 2.24) is 0 Å². The molecule has 2 aliphatic heterocycles. The fourth-order valence-corrected chi connectivity index (χ4v) is 3.32. The SMILES string of the molecule is CCCCCCCCc1c(O)c2c(c3c1O3)OS(=O)(=O)O2. The minimum atomic E-state index is -4.11. The Labute approximate surface area is 124 Å². The Bertz CT molecular complexity index is 665. The van der Waals surface area contributed by atoms with Gasteiger partial charge in [-0.15, -0.1) is 8.42 Å². The first-order chi connectivity index (χ1) is 10.0. The van der Waals surface area contributed by atoms with Crippen molar-refractivity contribution in [2.75, 3.05) is 0 Å². The van der Waals surface area contributed by atoms with Gasteiger partial charge in [-0.2, -0.15) is 0 Å². The van der Waals surface area contributed by atoms with Crippen LogP contribution in [0.25, 0.3) is 0 Å². The molecular formula is C14H18O6S. The molecule has 0 saturated heterocycles. The molecule has 0 radical (unpaired) electrons. The first kappa shape index (κ1) is 14.3. The van der Waals surface area contributed by atoms with Crippen molar-refractivity contribution < 1.29 is 26.6 Å². The predicted octanol–water partition coefficient (Wildman–Crippen LogP) is 3.42. The van der Waals surface area contributed by atoms with E-state index in [0.29, 0.717) is 23.5 Å². The summed E-state index contributed by atoms with van der Waals surface area (Å²) in [5.74, 6) is 0.530. The number of ether oxygens (including phenoxy) is 1. The maximum atomic E-state index is 11.3. The minimum Gasteiger partial charge on any atom is -0.504 e. The normalized spacial score (nSPS) is 16.4. The first-order valence-electron chi connectivity index (χ1n) is 7.27. The van der Waals surface area contributed by atoms with Crippen molar-refractivity contribution in [1.29, 1.82) is 0 Å². The number of benzene rings is 1. The van der Waals surface area contributed by atoms with Crippen molar-refractivity contribution in [3.05, 3.63) is 5.56 Å². The van der Waals surface area contributed by atoms with Gasteiger partial charge in [0.25, 0.3) is 0 Å². The van der Waals surface area contributed by atoms with Gasteiger partial charge in [-0.25, -0.2) is 0 Å². The highest BCUT2D eigenvalue weighted by Crippen LogP contribution is 2.65. The molecular weight excluding hydrogens is 296 g/mol. The van der Waals surface area contributed by atoms with Gasteiger partial charge in [0, 0.05) is 5.56 Å². The molecule has 2 heterocycles. The highest BCUT2D eigenvalue weighted by atomic mass is 32.3. The molecule has 2 aliphatic rings. The number of hydrogen-bond acceptors (Lipinski definition) is 6. The molecule has 6 nitrogen and oxygen atoms in total. The van der Waals surface area contributed by atoms with Gasteiger partial charge in [-0.1, -0.05) is 39.0 Å². The van der Waals surface area contributed by atoms with Gasteiger partial charge in [-0.3, -0.25) is 0 Å². The van der Waals surface area contributed by atoms with E-state index in [1.54, 1.807) is 0 Å². The summed E-state index contributed by atoms with van der Waals surface area (Å²) in [6.07, 6.45) is 7.45. The zero-order valence-corrected chi connectivity index (χ0v) is 12.7. The van der Waals surface area contributed by atoms with Crippen LogP contribution in [0.15, 0.2) is 0 Å². The van der Waals surface area contributed by atoms with Crippen molar-refractivity contribution >= 4 is 10.4 Å². The molecule has 1 aromatic carbocycles. The van der Waals surface area contributed by atoms with Gasteiger partial charge in [0.15, 0.2) is 11.5 Å². The van der Waals surface area contributed by atoms with Gasteiger partial charge in [0.05, 0.1) is 0 Å². The Balaban J connectivity index is 1.67. The van der Waals surface area contributed by atoms with Gasteiger partial charge < -0.3 is 18.2 Å². The Morgan fingerprint density at radius 1 is 0.905 bits per heavy atom. The molecule has 0 atom stereocenters. The highest BCUT2D eigenvalue weighted by molar-refractivity contribution is 7.82. The summed E-state index contributed by atoms with van der Waals surface area (Å²) in [7, 11) is -4.11. The quantitative estimate of drug-likeness (QED) is 0.622. The fourth-order valence-electron chi connectivity index (χ4n) is 2.57. The van der Waals surface area contributed by atoms with E-state index in [1.165, 1.54) is 19.3 Å². The lowest BCUT2D eigenvalue weighted by atomic mass is 10.0. The Kier molecular flexibility index (Phi) is 3.61. The topological polar surface area (TPSA) is 85.4 Å². The molecule has 0 amide bonds. The summed E-state index contributed by atoms with van der Waals surface area (Å²) < 4.78 is 37.1. The van der Waals surface area contributed by atoms with Crippen LogP contribution in [0, 0.1) is 0 Å². The zero-order chi connectivity index (χ0) is 15.0. The second-order valence-electron chi connectivity index (χ2n) is 5.34. The van der Waals surface area contributed by atoms with Crippen molar-refractivity contribution in [2.45, 2.75) is 51.9 Å². The fraction of sp³-hybridized carbons (Fsp3) is 0.571. The molecule has 3 rings (SSSR count). The molecule has 0 unspecified atom stereocenters. The second kappa shape index (κ2) is 5.29. The maximum Gasteiger partial charge on any atom is 0.501 e. The summed E-state index contributed by atoms with van der Waals surface area (Å²) >= 11 is 0. The summed E-state index contributed by atoms with van der Waals surface area (Å²) in [5, 5.41) is 10.1. The van der Waals surface area contributed by atoms with Crippen LogP contribution in [0.2, 0.25) is 0 Å². The van der Waals surface area contributed by atoms with Crippen molar-refractivity contribution in [3.63, 3.8) is 0 Å². The van der Waals surface area contributed by atoms with E-state index in [2.05, 4.69) is 15.3 Å². The standard InChI is InChI=1S/C14H18O6S/c1-2-3-4-5-6-7-8-9-10(15)12-14(13-11(9)18-13)20-21(16,17)19-12/h15H,2-8H2,1H3. The summed E-state index contributed by atoms with van der Waals surface area (Å²) in [4.78, 5) is 0. The van der Waals surface area contributed by atoms with Crippen LogP contribution < -0.4 is 13.1 Å². The third kappa shape index (κ3) is 2.74. The van der Waals surface area contributed by atoms with Gasteiger partial charge in [-0.05, 0) is 12.8 Å². The van der Waals surface area contributed by atoms with Gasteiger partial charge in [0.1, 0.15) is 0 Å². The van der Waals surface area contributed by atoms with E-state index in [-0.39, 0.29) is 17.2 Å². The number of hydrogen-bond donors (Lipinski definition) is 1. The number of aromatic hydroxyl groups is 1. The molecule has 0 aromatic heterocycles. The van der Waals surface area contributed by atoms with E-state index in [4.69, 9.17) is 4.74 Å². The van der Waals surface area contributed by atoms with Crippen LogP contribution >= 0.6 is 0 Å². The van der Waals surface area contributed by atoms with Crippen LogP contribution in [0.3, 0.4) is 0 Å². The zero-order valence-electron chi connectivity index (χ0n) is 11.8. The number of fused-ring (bicyclic) bond motifs is 3. The molecule has 1 N–H and O–H groups in total. The first-order valence-corrected chi connectivity index (χ1v) is 8.60. The van der Waals surface area contributed by atoms with E-state index in [1.807, 2.05) is 0 Å². The third-order valence-electron chi connectivity index (χ3n) is 3.71. The van der Waals surface area contributed by atoms with Crippen LogP contribution in [0.1, 0.15) is 51.0 Å². The van der Waals surface area contributed by atoms with Gasteiger partial charge >= 0.3 is 10.4 Å². The third-order valence-corrected chi connectivity index (χ3v) is 4.45. The van der Waals surface area contributed by atoms with E-state index >= 15 is 0 Å². The number of phenolic OH excluding ortho intramolecular Hbond substituents is 1. The number of phenols is 1. The van der Waals surface area contributed by atoms with Crippen molar-refractivity contribution in [2.24, 2.45) is 0 Å². The number of rotatable bonds is 7. The lowest BCUT2D eigenvalue weighted by molar-refractivity contribution is 0.414. The molecule has 1 aromatic rings. The van der Waals surface area contributed by atoms with Crippen LogP contribution in [0.4, 0.5) is 0 Å². The Morgan fingerprint density at radius 3 is 2.33 bits per heavy atom. The molecule has 0 aliphatic carbocycles. The highest BCUT2D eigenvalue weighted by Gasteiger charge is 2.45. The smallest absolute Gasteiger partial charge is 0.501 e. The Morgan fingerprint density at radius 2 is 1.57 bits per heavy atom. The van der Waals surface area contributed by atoms with Crippen molar-refractivity contribution in [3.8, 4) is 28.7 Å². The molecule has 0 bridgehead atoms. The molecule has 7 heteroatoms. The summed E-state index contributed by atoms with van der Waals surface area (Å²) in [6.45, 7) is 2.17. The summed E-state index contributed by atoms with van der Waals surface area (Å²) in [5.41, 5.74) is 0.611. The Hall–Kier alpha value is -1.63. The van der Waals surface area contributed by atoms with E-state index in [9.17, 15) is 13.5 Å². The monoisotopic (exact) mass is 314 g/mol. The van der Waals surface area contributed by atoms with Crippen LogP contribution in [-0.2, 0) is 16.8 Å². The van der Waals surface area contributed by atoms with E-state index in [0.717, 1.165) is 19.3 Å². The number of unbranched alkanes of at least 4 members (excludes halogenated alkanes) is 5. The second-order valence-corrected chi connectivity index (χ2v) is 6.49. The minimum absolute atomic E-state index is 0.0332. The molecule has 116 valence electrons. The van der Waals surface area contributed by atoms with E-state index < -0.39 is 10.4 Å². The average molecular weight is 314 g/mol. The maximum absolute atomic E-state index is 11.3. The molecule has 21 heavy (non-hydrogen) atoms. The molecule has 0 saturated carbocycles. The predicted molar refractivity (Wildman–Crippen MR) is 75.4 cm³/mol. The lowest BCUT2D eigenvalue weighted by Crippen LogP contribution is -2.08. The molecule has 0 fully saturated rings. The van der Waals surface area contributed by atoms with Gasteiger partial charge in [0.2, 0.25) is 17.2 Å². The summed E-state index contributed by atoms with van der Waals surface area (Å²) in [6, 6.07) is 0. The van der Waals surface area contributed by atoms with Crippen LogP contribution in [0.5, 0.6) is 28.7 Å².